The molecule has 0 spiro atoms. The highest BCUT2D eigenvalue weighted by atomic mass is 16.2. The monoisotopic (exact) mass is 284 g/mol. The molecule has 0 bridgehead atoms. The minimum absolute atomic E-state index is 0.0443. The molecule has 3 rings (SSSR count). The standard InChI is InChI=1S/C15H16N4O2/c1-9(20)17-13-8-16-19-10(2)18(11(3)21)14-7-5-4-6-12(14)15(13)19/h4-8,10H,1-3H3,(H,17,20). The first-order chi connectivity index (χ1) is 10.0. The molecule has 108 valence electrons. The Hall–Kier alpha value is -2.63. The van der Waals surface area contributed by atoms with Crippen molar-refractivity contribution in [3.63, 3.8) is 0 Å². The van der Waals surface area contributed by atoms with Gasteiger partial charge in [-0.1, -0.05) is 18.2 Å². The van der Waals surface area contributed by atoms with Crippen LogP contribution in [0, 0.1) is 0 Å². The molecule has 6 nitrogen and oxygen atoms in total. The number of para-hydroxylation sites is 1. The van der Waals surface area contributed by atoms with E-state index in [0.717, 1.165) is 16.9 Å². The minimum atomic E-state index is -0.241. The molecule has 0 fully saturated rings. The first-order valence-electron chi connectivity index (χ1n) is 6.75. The summed E-state index contributed by atoms with van der Waals surface area (Å²) in [5.41, 5.74) is 3.19. The number of hydrogen-bond donors (Lipinski definition) is 1. The van der Waals surface area contributed by atoms with Crippen LogP contribution in [0.4, 0.5) is 11.4 Å². The molecule has 1 atom stereocenters. The maximum atomic E-state index is 12.0. The highest BCUT2D eigenvalue weighted by Gasteiger charge is 2.32. The van der Waals surface area contributed by atoms with Crippen LogP contribution >= 0.6 is 0 Å². The molecule has 2 heterocycles. The van der Waals surface area contributed by atoms with Gasteiger partial charge in [0.2, 0.25) is 11.8 Å². The third-order valence-electron chi connectivity index (χ3n) is 3.59. The smallest absolute Gasteiger partial charge is 0.225 e. The van der Waals surface area contributed by atoms with Crippen molar-refractivity contribution in [3.05, 3.63) is 30.5 Å². The lowest BCUT2D eigenvalue weighted by molar-refractivity contribution is -0.117. The van der Waals surface area contributed by atoms with E-state index in [9.17, 15) is 9.59 Å². The van der Waals surface area contributed by atoms with Gasteiger partial charge in [0.15, 0.2) is 0 Å². The summed E-state index contributed by atoms with van der Waals surface area (Å²) in [4.78, 5) is 25.0. The van der Waals surface area contributed by atoms with Gasteiger partial charge in [-0.05, 0) is 13.0 Å². The molecule has 6 heteroatoms. The number of carbonyl (C=O) groups is 2. The normalized spacial score (nSPS) is 16.1. The van der Waals surface area contributed by atoms with Gasteiger partial charge < -0.3 is 5.32 Å². The Balaban J connectivity index is 2.24. The largest absolute Gasteiger partial charge is 0.323 e. The molecule has 0 radical (unpaired) electrons. The van der Waals surface area contributed by atoms with Crippen LogP contribution < -0.4 is 10.2 Å². The van der Waals surface area contributed by atoms with Crippen LogP contribution in [0.25, 0.3) is 11.3 Å². The molecule has 2 aromatic rings. The number of hydrogen-bond acceptors (Lipinski definition) is 3. The predicted molar refractivity (Wildman–Crippen MR) is 79.8 cm³/mol. The summed E-state index contributed by atoms with van der Waals surface area (Å²) in [6, 6.07) is 7.63. The molecule has 1 aromatic heterocycles. The topological polar surface area (TPSA) is 67.2 Å². The zero-order chi connectivity index (χ0) is 15.1. The average molecular weight is 284 g/mol. The number of benzene rings is 1. The maximum absolute atomic E-state index is 12.0. The van der Waals surface area contributed by atoms with Crippen molar-refractivity contribution in [1.29, 1.82) is 0 Å². The number of carbonyl (C=O) groups excluding carboxylic acids is 2. The van der Waals surface area contributed by atoms with E-state index < -0.39 is 0 Å². The van der Waals surface area contributed by atoms with E-state index in [0.29, 0.717) is 5.69 Å². The molecule has 21 heavy (non-hydrogen) atoms. The van der Waals surface area contributed by atoms with E-state index in [2.05, 4.69) is 10.4 Å². The third-order valence-corrected chi connectivity index (χ3v) is 3.59. The molecule has 0 aliphatic carbocycles. The summed E-state index contributed by atoms with van der Waals surface area (Å²) in [7, 11) is 0. The number of nitrogens with one attached hydrogen (secondary N) is 1. The van der Waals surface area contributed by atoms with Gasteiger partial charge in [-0.15, -0.1) is 0 Å². The van der Waals surface area contributed by atoms with Crippen LogP contribution in [-0.2, 0) is 9.59 Å². The van der Waals surface area contributed by atoms with Crippen LogP contribution in [0.3, 0.4) is 0 Å². The van der Waals surface area contributed by atoms with E-state index in [1.807, 2.05) is 31.2 Å². The van der Waals surface area contributed by atoms with E-state index in [-0.39, 0.29) is 18.0 Å². The second-order valence-corrected chi connectivity index (χ2v) is 5.07. The van der Waals surface area contributed by atoms with Gasteiger partial charge >= 0.3 is 0 Å². The van der Waals surface area contributed by atoms with Crippen LogP contribution in [0.1, 0.15) is 26.9 Å². The quantitative estimate of drug-likeness (QED) is 0.874. The van der Waals surface area contributed by atoms with Crippen LogP contribution in [0.15, 0.2) is 30.5 Å². The van der Waals surface area contributed by atoms with Gasteiger partial charge in [0.05, 0.1) is 23.3 Å². The Morgan fingerprint density at radius 1 is 1.24 bits per heavy atom. The zero-order valence-corrected chi connectivity index (χ0v) is 12.1. The molecule has 1 unspecified atom stereocenters. The number of fused-ring (bicyclic) bond motifs is 3. The fourth-order valence-electron chi connectivity index (χ4n) is 2.82. The van der Waals surface area contributed by atoms with Gasteiger partial charge in [0, 0.05) is 19.4 Å². The van der Waals surface area contributed by atoms with Crippen LogP contribution in [-0.4, -0.2) is 21.6 Å². The number of rotatable bonds is 1. The molecular weight excluding hydrogens is 268 g/mol. The Labute approximate surface area is 122 Å². The SMILES string of the molecule is CC(=O)Nc1cnn2c1-c1ccccc1N(C(C)=O)C2C. The number of aromatic nitrogens is 2. The van der Waals surface area contributed by atoms with Crippen molar-refractivity contribution in [1.82, 2.24) is 9.78 Å². The highest BCUT2D eigenvalue weighted by molar-refractivity contribution is 6.01. The van der Waals surface area contributed by atoms with Crippen LogP contribution in [0.5, 0.6) is 0 Å². The van der Waals surface area contributed by atoms with E-state index in [4.69, 9.17) is 0 Å². The van der Waals surface area contributed by atoms with Gasteiger partial charge in [-0.25, -0.2) is 4.68 Å². The van der Waals surface area contributed by atoms with Gasteiger partial charge in [0.1, 0.15) is 6.17 Å². The number of amides is 2. The molecule has 1 aliphatic rings. The first kappa shape index (κ1) is 13.4. The number of anilines is 2. The highest BCUT2D eigenvalue weighted by Crippen LogP contribution is 2.43. The number of nitrogens with zero attached hydrogens (tertiary/aromatic N) is 3. The van der Waals surface area contributed by atoms with Gasteiger partial charge in [-0.2, -0.15) is 5.10 Å². The summed E-state index contributed by atoms with van der Waals surface area (Å²) in [5.74, 6) is -0.192. The minimum Gasteiger partial charge on any atom is -0.323 e. The Morgan fingerprint density at radius 2 is 1.95 bits per heavy atom. The Morgan fingerprint density at radius 3 is 2.62 bits per heavy atom. The second-order valence-electron chi connectivity index (χ2n) is 5.07. The Bertz CT molecular complexity index is 735. The van der Waals surface area contributed by atoms with Crippen molar-refractivity contribution in [2.45, 2.75) is 26.9 Å². The lowest BCUT2D eigenvalue weighted by Gasteiger charge is -2.35. The summed E-state index contributed by atoms with van der Waals surface area (Å²) >= 11 is 0. The molecule has 1 aliphatic heterocycles. The lowest BCUT2D eigenvalue weighted by Crippen LogP contribution is -2.38. The summed E-state index contributed by atoms with van der Waals surface area (Å²) < 4.78 is 1.76. The first-order valence-corrected chi connectivity index (χ1v) is 6.75. The zero-order valence-electron chi connectivity index (χ0n) is 12.1. The third kappa shape index (κ3) is 1.99. The molecule has 1 aromatic carbocycles. The second kappa shape index (κ2) is 4.73. The van der Waals surface area contributed by atoms with Crippen molar-refractivity contribution < 1.29 is 9.59 Å². The van der Waals surface area contributed by atoms with Crippen molar-refractivity contribution in [2.24, 2.45) is 0 Å². The van der Waals surface area contributed by atoms with Gasteiger partial charge in [0.25, 0.3) is 0 Å². The van der Waals surface area contributed by atoms with Crippen molar-refractivity contribution in [2.75, 3.05) is 10.2 Å². The summed E-state index contributed by atoms with van der Waals surface area (Å²) in [6.45, 7) is 4.91. The van der Waals surface area contributed by atoms with Crippen LogP contribution in [0.2, 0.25) is 0 Å². The molecule has 2 amide bonds. The van der Waals surface area contributed by atoms with E-state index in [1.165, 1.54) is 13.8 Å². The Kier molecular flexibility index (Phi) is 3.01. The van der Waals surface area contributed by atoms with E-state index in [1.54, 1.807) is 15.8 Å². The molecular formula is C15H16N4O2. The molecule has 0 saturated heterocycles. The molecule has 1 N–H and O–H groups in total. The fourth-order valence-corrected chi connectivity index (χ4v) is 2.82. The lowest BCUT2D eigenvalue weighted by atomic mass is 10.0. The van der Waals surface area contributed by atoms with Gasteiger partial charge in [-0.3, -0.25) is 14.5 Å². The molecule has 0 saturated carbocycles. The van der Waals surface area contributed by atoms with Crippen molar-refractivity contribution in [3.8, 4) is 11.3 Å². The maximum Gasteiger partial charge on any atom is 0.225 e. The van der Waals surface area contributed by atoms with Crippen molar-refractivity contribution >= 4 is 23.2 Å². The average Bonchev–Trinajstić information content (AvgIpc) is 2.82. The van der Waals surface area contributed by atoms with E-state index >= 15 is 0 Å². The predicted octanol–water partition coefficient (Wildman–Crippen LogP) is 2.39. The summed E-state index contributed by atoms with van der Waals surface area (Å²) in [6.07, 6.45) is 1.38. The summed E-state index contributed by atoms with van der Waals surface area (Å²) in [5, 5.41) is 7.12. The fraction of sp³-hybridized carbons (Fsp3) is 0.267.